The van der Waals surface area contributed by atoms with Gasteiger partial charge >= 0.3 is 0 Å². The van der Waals surface area contributed by atoms with E-state index in [0.29, 0.717) is 24.1 Å². The Morgan fingerprint density at radius 3 is 2.42 bits per heavy atom. The lowest BCUT2D eigenvalue weighted by molar-refractivity contribution is 0.329. The average molecular weight is 310 g/mol. The second kappa shape index (κ2) is 7.84. The van der Waals surface area contributed by atoms with Crippen LogP contribution in [0.25, 0.3) is 0 Å². The predicted molar refractivity (Wildman–Crippen MR) is 82.1 cm³/mol. The van der Waals surface area contributed by atoms with Crippen molar-refractivity contribution in [3.05, 3.63) is 0 Å². The Labute approximate surface area is 123 Å². The number of hydrogen-bond acceptors (Lipinski definition) is 2. The molecule has 1 N–H and O–H groups in total. The van der Waals surface area contributed by atoms with Crippen molar-refractivity contribution in [1.82, 2.24) is 4.72 Å². The summed E-state index contributed by atoms with van der Waals surface area (Å²) in [5.74, 6) is 1.30. The maximum Gasteiger partial charge on any atom is 0.211 e. The highest BCUT2D eigenvalue weighted by Crippen LogP contribution is 2.25. The fraction of sp³-hybridized carbons (Fsp3) is 1.00. The van der Waals surface area contributed by atoms with E-state index in [0.717, 1.165) is 25.7 Å². The molecule has 0 spiro atoms. The van der Waals surface area contributed by atoms with Gasteiger partial charge < -0.3 is 0 Å². The lowest BCUT2D eigenvalue weighted by Crippen LogP contribution is -2.37. The smallest absolute Gasteiger partial charge is 0.211 e. The summed E-state index contributed by atoms with van der Waals surface area (Å²) in [7, 11) is -3.12. The summed E-state index contributed by atoms with van der Waals surface area (Å²) in [5, 5.41) is 0. The van der Waals surface area contributed by atoms with E-state index in [9.17, 15) is 8.42 Å². The van der Waals surface area contributed by atoms with Crippen LogP contribution in [-0.2, 0) is 10.0 Å². The van der Waals surface area contributed by atoms with Gasteiger partial charge in [-0.1, -0.05) is 33.1 Å². The van der Waals surface area contributed by atoms with Crippen molar-refractivity contribution in [3.8, 4) is 0 Å². The van der Waals surface area contributed by atoms with Crippen molar-refractivity contribution < 1.29 is 8.42 Å². The Balaban J connectivity index is 2.37. The zero-order chi connectivity index (χ0) is 14.4. The van der Waals surface area contributed by atoms with Gasteiger partial charge in [0.25, 0.3) is 0 Å². The van der Waals surface area contributed by atoms with Crippen LogP contribution in [0.4, 0.5) is 0 Å². The Bertz CT molecular complexity index is 348. The molecular weight excluding hydrogens is 282 g/mol. The fourth-order valence-corrected chi connectivity index (χ4v) is 4.48. The van der Waals surface area contributed by atoms with Crippen molar-refractivity contribution in [2.75, 3.05) is 18.2 Å². The molecule has 19 heavy (non-hydrogen) atoms. The van der Waals surface area contributed by atoms with Crippen molar-refractivity contribution in [3.63, 3.8) is 0 Å². The van der Waals surface area contributed by atoms with Gasteiger partial charge in [0.15, 0.2) is 0 Å². The first kappa shape index (κ1) is 17.3. The Morgan fingerprint density at radius 1 is 1.21 bits per heavy atom. The highest BCUT2D eigenvalue weighted by molar-refractivity contribution is 7.89. The minimum Gasteiger partial charge on any atom is -0.215 e. The molecule has 5 heteroatoms. The van der Waals surface area contributed by atoms with Crippen LogP contribution in [0.15, 0.2) is 0 Å². The third-order valence-electron chi connectivity index (χ3n) is 3.94. The molecule has 0 aromatic carbocycles. The van der Waals surface area contributed by atoms with Crippen LogP contribution in [0.2, 0.25) is 0 Å². The minimum atomic E-state index is -3.12. The molecule has 1 aliphatic rings. The number of nitrogens with one attached hydrogen (secondary N) is 1. The lowest BCUT2D eigenvalue weighted by atomic mass is 9.88. The van der Waals surface area contributed by atoms with E-state index in [4.69, 9.17) is 11.6 Å². The molecule has 3 nitrogen and oxygen atoms in total. The summed E-state index contributed by atoms with van der Waals surface area (Å²) in [6, 6.07) is 0. The molecule has 1 rings (SSSR count). The highest BCUT2D eigenvalue weighted by atomic mass is 35.5. The van der Waals surface area contributed by atoms with Gasteiger partial charge in [0, 0.05) is 12.4 Å². The second-order valence-corrected chi connectivity index (χ2v) is 8.79. The summed E-state index contributed by atoms with van der Waals surface area (Å²) in [6.45, 7) is 4.68. The van der Waals surface area contributed by atoms with E-state index in [1.807, 2.05) is 0 Å². The maximum absolute atomic E-state index is 12.1. The standard InChI is InChI=1S/C14H28ClNO2S/c1-14(2,9-6-10-15)12-16-19(17,18)11-13-7-4-3-5-8-13/h13,16H,3-12H2,1-2H3. The van der Waals surface area contributed by atoms with E-state index in [1.165, 1.54) is 19.3 Å². The van der Waals surface area contributed by atoms with Crippen molar-refractivity contribution >= 4 is 21.6 Å². The van der Waals surface area contributed by atoms with Crippen LogP contribution in [-0.4, -0.2) is 26.6 Å². The molecule has 0 amide bonds. The summed E-state index contributed by atoms with van der Waals surface area (Å²) in [5.41, 5.74) is -0.0193. The van der Waals surface area contributed by atoms with Crippen molar-refractivity contribution in [2.45, 2.75) is 58.8 Å². The van der Waals surface area contributed by atoms with Crippen LogP contribution in [0.3, 0.4) is 0 Å². The van der Waals surface area contributed by atoms with Crippen molar-refractivity contribution in [1.29, 1.82) is 0 Å². The number of sulfonamides is 1. The Morgan fingerprint density at radius 2 is 1.84 bits per heavy atom. The zero-order valence-electron chi connectivity index (χ0n) is 12.3. The second-order valence-electron chi connectivity index (χ2n) is 6.56. The average Bonchev–Trinajstić information content (AvgIpc) is 2.35. The zero-order valence-corrected chi connectivity index (χ0v) is 13.8. The van der Waals surface area contributed by atoms with Crippen LogP contribution < -0.4 is 4.72 Å². The van der Waals surface area contributed by atoms with E-state index < -0.39 is 10.0 Å². The first-order valence-corrected chi connectivity index (χ1v) is 9.57. The third-order valence-corrected chi connectivity index (χ3v) is 5.70. The van der Waals surface area contributed by atoms with E-state index in [2.05, 4.69) is 18.6 Å². The van der Waals surface area contributed by atoms with Gasteiger partial charge in [-0.25, -0.2) is 13.1 Å². The minimum absolute atomic E-state index is 0.0193. The van der Waals surface area contributed by atoms with E-state index in [-0.39, 0.29) is 5.41 Å². The van der Waals surface area contributed by atoms with Crippen LogP contribution in [0.1, 0.15) is 58.8 Å². The van der Waals surface area contributed by atoms with Crippen LogP contribution in [0.5, 0.6) is 0 Å². The normalized spacial score (nSPS) is 18.7. The summed E-state index contributed by atoms with van der Waals surface area (Å²) in [6.07, 6.45) is 7.63. The molecule has 0 aromatic rings. The van der Waals surface area contributed by atoms with Crippen molar-refractivity contribution in [2.24, 2.45) is 11.3 Å². The van der Waals surface area contributed by atoms with Gasteiger partial charge in [-0.15, -0.1) is 11.6 Å². The summed E-state index contributed by atoms with van der Waals surface area (Å²) >= 11 is 5.69. The monoisotopic (exact) mass is 309 g/mol. The van der Waals surface area contributed by atoms with Gasteiger partial charge in [-0.3, -0.25) is 0 Å². The van der Waals surface area contributed by atoms with Gasteiger partial charge in [0.05, 0.1) is 5.75 Å². The molecule has 0 atom stereocenters. The molecule has 0 heterocycles. The van der Waals surface area contributed by atoms with Crippen LogP contribution in [0, 0.1) is 11.3 Å². The molecule has 1 fully saturated rings. The molecule has 1 aliphatic carbocycles. The molecule has 0 aromatic heterocycles. The maximum atomic E-state index is 12.1. The first-order chi connectivity index (χ1) is 8.85. The van der Waals surface area contributed by atoms with E-state index in [1.54, 1.807) is 0 Å². The Hall–Kier alpha value is 0.200. The van der Waals surface area contributed by atoms with Crippen LogP contribution >= 0.6 is 11.6 Å². The van der Waals surface area contributed by atoms with Gasteiger partial charge in [0.2, 0.25) is 10.0 Å². The lowest BCUT2D eigenvalue weighted by Gasteiger charge is -2.26. The summed E-state index contributed by atoms with van der Waals surface area (Å²) in [4.78, 5) is 0. The third kappa shape index (κ3) is 7.52. The molecular formula is C14H28ClNO2S. The van der Waals surface area contributed by atoms with Gasteiger partial charge in [-0.2, -0.15) is 0 Å². The molecule has 0 bridgehead atoms. The molecule has 1 saturated carbocycles. The van der Waals surface area contributed by atoms with E-state index >= 15 is 0 Å². The quantitative estimate of drug-likeness (QED) is 0.697. The highest BCUT2D eigenvalue weighted by Gasteiger charge is 2.24. The topological polar surface area (TPSA) is 46.2 Å². The number of rotatable bonds is 8. The molecule has 0 aliphatic heterocycles. The molecule has 0 radical (unpaired) electrons. The van der Waals surface area contributed by atoms with Gasteiger partial charge in [-0.05, 0) is 37.0 Å². The SMILES string of the molecule is CC(C)(CCCCl)CNS(=O)(=O)CC1CCCCC1. The summed E-state index contributed by atoms with van der Waals surface area (Å²) < 4.78 is 26.9. The first-order valence-electron chi connectivity index (χ1n) is 7.38. The number of hydrogen-bond donors (Lipinski definition) is 1. The number of halogens is 1. The number of alkyl halides is 1. The fourth-order valence-electron chi connectivity index (χ4n) is 2.66. The molecule has 0 saturated heterocycles. The molecule has 0 unspecified atom stereocenters. The molecule has 114 valence electrons. The van der Waals surface area contributed by atoms with Gasteiger partial charge in [0.1, 0.15) is 0 Å². The predicted octanol–water partition coefficient (Wildman–Crippen LogP) is 3.53. The Kier molecular flexibility index (Phi) is 7.12. The largest absolute Gasteiger partial charge is 0.215 e.